The number of nitrogens with zero attached hydrogens (tertiary/aromatic N) is 3. The Kier molecular flexibility index (Phi) is 7.78. The van der Waals surface area contributed by atoms with Gasteiger partial charge in [0.1, 0.15) is 11.5 Å². The van der Waals surface area contributed by atoms with Crippen molar-refractivity contribution < 1.29 is 19.4 Å². The second-order valence-corrected chi connectivity index (χ2v) is 10.9. The number of halogens is 1. The minimum atomic E-state index is -0.857. The fraction of sp³-hybridized carbons (Fsp3) is 0.143. The van der Waals surface area contributed by atoms with Gasteiger partial charge >= 0.3 is 5.91 Å². The van der Waals surface area contributed by atoms with Crippen LogP contribution in [0.5, 0.6) is 5.75 Å². The standard InChI is InChI=1S/C28H22ClN3O4S2/c1-2-36-21-14-10-19(11-15-21)24(33)22-23(18-6-4-3-5-7-18)32(26(35)25(22)34)27-30-31-28(38-27)37-16-17-8-12-20(29)13-9-17/h3-15,23,33H,2,16H2,1H3/b24-22-. The zero-order chi connectivity index (χ0) is 26.6. The van der Waals surface area contributed by atoms with Crippen molar-refractivity contribution in [2.45, 2.75) is 23.1 Å². The predicted octanol–water partition coefficient (Wildman–Crippen LogP) is 6.51. The van der Waals surface area contributed by atoms with Crippen molar-refractivity contribution in [2.24, 2.45) is 0 Å². The highest BCUT2D eigenvalue weighted by Gasteiger charge is 2.48. The summed E-state index contributed by atoms with van der Waals surface area (Å²) in [6.07, 6.45) is 0. The van der Waals surface area contributed by atoms with Gasteiger partial charge in [0.15, 0.2) is 4.34 Å². The molecule has 0 radical (unpaired) electrons. The summed E-state index contributed by atoms with van der Waals surface area (Å²) < 4.78 is 6.12. The molecule has 1 fully saturated rings. The van der Waals surface area contributed by atoms with Gasteiger partial charge < -0.3 is 9.84 Å². The van der Waals surface area contributed by atoms with E-state index in [0.717, 1.165) is 5.56 Å². The van der Waals surface area contributed by atoms with Gasteiger partial charge in [-0.3, -0.25) is 14.5 Å². The molecule has 1 N–H and O–H groups in total. The summed E-state index contributed by atoms with van der Waals surface area (Å²) in [5, 5.41) is 20.7. The van der Waals surface area contributed by atoms with Gasteiger partial charge in [-0.15, -0.1) is 10.2 Å². The minimum Gasteiger partial charge on any atom is -0.507 e. The first kappa shape index (κ1) is 26.0. The number of rotatable bonds is 8. The molecular formula is C28H22ClN3O4S2. The van der Waals surface area contributed by atoms with Gasteiger partial charge in [0.05, 0.1) is 18.2 Å². The lowest BCUT2D eigenvalue weighted by atomic mass is 9.95. The number of hydrogen-bond donors (Lipinski definition) is 1. The Morgan fingerprint density at radius 3 is 2.42 bits per heavy atom. The molecule has 5 rings (SSSR count). The summed E-state index contributed by atoms with van der Waals surface area (Å²) in [4.78, 5) is 28.0. The zero-order valence-corrected chi connectivity index (χ0v) is 22.6. The number of hydrogen-bond acceptors (Lipinski definition) is 8. The van der Waals surface area contributed by atoms with Crippen molar-refractivity contribution in [1.82, 2.24) is 10.2 Å². The highest BCUT2D eigenvalue weighted by molar-refractivity contribution is 8.00. The lowest BCUT2D eigenvalue weighted by Gasteiger charge is -2.22. The Morgan fingerprint density at radius 1 is 1.03 bits per heavy atom. The number of amides is 1. The van der Waals surface area contributed by atoms with Crippen molar-refractivity contribution >= 4 is 57.3 Å². The second-order valence-electron chi connectivity index (χ2n) is 8.30. The summed E-state index contributed by atoms with van der Waals surface area (Å²) in [6, 6.07) is 22.5. The molecule has 0 bridgehead atoms. The maximum atomic E-state index is 13.3. The Morgan fingerprint density at radius 2 is 1.74 bits per heavy atom. The van der Waals surface area contributed by atoms with Crippen LogP contribution >= 0.6 is 34.7 Å². The SMILES string of the molecule is CCOc1ccc(/C(O)=C2/C(=O)C(=O)N(c3nnc(SCc4ccc(Cl)cc4)s3)C2c2ccccc2)cc1. The number of aliphatic hydroxyl groups excluding tert-OH is 1. The highest BCUT2D eigenvalue weighted by atomic mass is 35.5. The molecule has 1 saturated heterocycles. The fourth-order valence-electron chi connectivity index (χ4n) is 4.10. The Hall–Kier alpha value is -3.66. The summed E-state index contributed by atoms with van der Waals surface area (Å²) in [6.45, 7) is 2.39. The molecule has 3 aromatic carbocycles. The van der Waals surface area contributed by atoms with Gasteiger partial charge in [0, 0.05) is 16.3 Å². The number of ether oxygens (including phenoxy) is 1. The molecule has 1 unspecified atom stereocenters. The number of anilines is 1. The molecule has 7 nitrogen and oxygen atoms in total. The molecule has 1 aliphatic rings. The molecular weight excluding hydrogens is 542 g/mol. The molecule has 1 amide bonds. The summed E-state index contributed by atoms with van der Waals surface area (Å²) in [5.41, 5.74) is 2.14. The van der Waals surface area contributed by atoms with E-state index in [2.05, 4.69) is 10.2 Å². The number of ketones is 1. The molecule has 1 aromatic heterocycles. The zero-order valence-electron chi connectivity index (χ0n) is 20.2. The molecule has 38 heavy (non-hydrogen) atoms. The van der Waals surface area contributed by atoms with Crippen LogP contribution in [0.1, 0.15) is 29.7 Å². The summed E-state index contributed by atoms with van der Waals surface area (Å²) >= 11 is 8.66. The Labute approximate surface area is 232 Å². The minimum absolute atomic E-state index is 0.00377. The van der Waals surface area contributed by atoms with E-state index >= 15 is 0 Å². The van der Waals surface area contributed by atoms with Crippen LogP contribution in [0, 0.1) is 0 Å². The van der Waals surface area contributed by atoms with Crippen LogP contribution in [0.2, 0.25) is 5.02 Å². The maximum Gasteiger partial charge on any atom is 0.301 e. The van der Waals surface area contributed by atoms with E-state index in [4.69, 9.17) is 16.3 Å². The van der Waals surface area contributed by atoms with Crippen LogP contribution in [-0.4, -0.2) is 33.6 Å². The quantitative estimate of drug-likeness (QED) is 0.0858. The topological polar surface area (TPSA) is 92.6 Å². The van der Waals surface area contributed by atoms with Crippen molar-refractivity contribution in [3.8, 4) is 5.75 Å². The van der Waals surface area contributed by atoms with Crippen molar-refractivity contribution in [3.63, 3.8) is 0 Å². The molecule has 0 aliphatic carbocycles. The first-order chi connectivity index (χ1) is 18.5. The molecule has 10 heteroatoms. The van der Waals surface area contributed by atoms with Crippen LogP contribution in [0.15, 0.2) is 88.8 Å². The number of thioether (sulfide) groups is 1. The summed E-state index contributed by atoms with van der Waals surface area (Å²) in [5.74, 6) is -0.524. The molecule has 4 aromatic rings. The molecule has 0 saturated carbocycles. The first-order valence-corrected chi connectivity index (χ1v) is 13.9. The first-order valence-electron chi connectivity index (χ1n) is 11.8. The average Bonchev–Trinajstić information content (AvgIpc) is 3.51. The maximum absolute atomic E-state index is 13.3. The third-order valence-electron chi connectivity index (χ3n) is 5.88. The van der Waals surface area contributed by atoms with Crippen LogP contribution < -0.4 is 9.64 Å². The van der Waals surface area contributed by atoms with Gasteiger partial charge in [0.25, 0.3) is 5.78 Å². The van der Waals surface area contributed by atoms with Crippen molar-refractivity contribution in [1.29, 1.82) is 0 Å². The lowest BCUT2D eigenvalue weighted by Crippen LogP contribution is -2.29. The second kappa shape index (κ2) is 11.4. The number of benzene rings is 3. The lowest BCUT2D eigenvalue weighted by molar-refractivity contribution is -0.132. The number of carbonyl (C=O) groups is 2. The largest absolute Gasteiger partial charge is 0.507 e. The van der Waals surface area contributed by atoms with E-state index in [1.165, 1.54) is 28.0 Å². The van der Waals surface area contributed by atoms with E-state index in [0.29, 0.717) is 38.6 Å². The molecule has 0 spiro atoms. The van der Waals surface area contributed by atoms with Gasteiger partial charge in [-0.1, -0.05) is 77.2 Å². The molecule has 2 heterocycles. The van der Waals surface area contributed by atoms with Gasteiger partial charge in [-0.05, 0) is 54.4 Å². The van der Waals surface area contributed by atoms with Gasteiger partial charge in [-0.2, -0.15) is 0 Å². The fourth-order valence-corrected chi connectivity index (χ4v) is 6.05. The highest BCUT2D eigenvalue weighted by Crippen LogP contribution is 2.44. The van der Waals surface area contributed by atoms with Crippen LogP contribution in [0.25, 0.3) is 5.76 Å². The normalized spacial score (nSPS) is 16.7. The number of Topliss-reactive ketones (excluding diaryl/α,β-unsaturated/α-hetero) is 1. The number of aliphatic hydroxyl groups is 1. The van der Waals surface area contributed by atoms with E-state index in [1.54, 1.807) is 24.3 Å². The molecule has 1 aliphatic heterocycles. The molecule has 1 atom stereocenters. The Balaban J connectivity index is 1.50. The third-order valence-corrected chi connectivity index (χ3v) is 8.25. The Bertz CT molecular complexity index is 1490. The van der Waals surface area contributed by atoms with Crippen molar-refractivity contribution in [2.75, 3.05) is 11.5 Å². The van der Waals surface area contributed by atoms with E-state index in [-0.39, 0.29) is 16.5 Å². The number of carbonyl (C=O) groups excluding carboxylic acids is 2. The van der Waals surface area contributed by atoms with Crippen LogP contribution in [0.3, 0.4) is 0 Å². The average molecular weight is 564 g/mol. The monoisotopic (exact) mass is 563 g/mol. The number of aromatic nitrogens is 2. The van der Waals surface area contributed by atoms with E-state index in [9.17, 15) is 14.7 Å². The third kappa shape index (κ3) is 5.31. The molecule has 192 valence electrons. The van der Waals surface area contributed by atoms with Crippen LogP contribution in [-0.2, 0) is 15.3 Å². The summed E-state index contributed by atoms with van der Waals surface area (Å²) in [7, 11) is 0. The predicted molar refractivity (Wildman–Crippen MR) is 150 cm³/mol. The van der Waals surface area contributed by atoms with Gasteiger partial charge in [-0.25, -0.2) is 0 Å². The van der Waals surface area contributed by atoms with Crippen molar-refractivity contribution in [3.05, 3.63) is 106 Å². The van der Waals surface area contributed by atoms with E-state index < -0.39 is 17.7 Å². The van der Waals surface area contributed by atoms with Gasteiger partial charge in [0.2, 0.25) is 5.13 Å². The van der Waals surface area contributed by atoms with E-state index in [1.807, 2.05) is 61.5 Å². The van der Waals surface area contributed by atoms with Crippen LogP contribution in [0.4, 0.5) is 5.13 Å². The smallest absolute Gasteiger partial charge is 0.301 e.